The summed E-state index contributed by atoms with van der Waals surface area (Å²) in [5, 5.41) is 3.32. The quantitative estimate of drug-likeness (QED) is 0.839. The summed E-state index contributed by atoms with van der Waals surface area (Å²) in [6.45, 7) is 9.71. The maximum atomic E-state index is 6.26. The molecule has 2 aromatic heterocycles. The topological polar surface area (TPSA) is 54.4 Å². The third-order valence-corrected chi connectivity index (χ3v) is 5.93. The average molecular weight is 359 g/mol. The molecule has 0 amide bonds. The Morgan fingerprint density at radius 3 is 2.60 bits per heavy atom. The van der Waals surface area contributed by atoms with Crippen molar-refractivity contribution in [1.29, 1.82) is 0 Å². The molecule has 2 aliphatic heterocycles. The van der Waals surface area contributed by atoms with Gasteiger partial charge in [-0.25, -0.2) is 15.0 Å². The van der Waals surface area contributed by atoms with E-state index in [2.05, 4.69) is 37.1 Å². The van der Waals surface area contributed by atoms with Gasteiger partial charge >= 0.3 is 0 Å². The average Bonchev–Trinajstić information content (AvgIpc) is 3.01. The Hall–Kier alpha value is -1.57. The van der Waals surface area contributed by atoms with Crippen LogP contribution >= 0.6 is 11.3 Å². The zero-order chi connectivity index (χ0) is 17.3. The smallest absolute Gasteiger partial charge is 0.225 e. The zero-order valence-electron chi connectivity index (χ0n) is 14.9. The van der Waals surface area contributed by atoms with E-state index in [1.807, 2.05) is 19.3 Å². The van der Waals surface area contributed by atoms with Crippen LogP contribution in [0.25, 0.3) is 0 Å². The lowest BCUT2D eigenvalue weighted by atomic mass is 9.89. The molecule has 2 aliphatic rings. The second-order valence-corrected chi connectivity index (χ2v) is 8.21. The highest BCUT2D eigenvalue weighted by Crippen LogP contribution is 2.31. The van der Waals surface area contributed by atoms with Crippen LogP contribution in [-0.4, -0.2) is 58.2 Å². The summed E-state index contributed by atoms with van der Waals surface area (Å²) < 4.78 is 6.26. The highest BCUT2D eigenvalue weighted by atomic mass is 32.1. The lowest BCUT2D eigenvalue weighted by Gasteiger charge is -2.47. The van der Waals surface area contributed by atoms with Crippen LogP contribution in [-0.2, 0) is 11.3 Å². The molecule has 7 heteroatoms. The highest BCUT2D eigenvalue weighted by molar-refractivity contribution is 7.09. The van der Waals surface area contributed by atoms with Crippen LogP contribution < -0.4 is 4.90 Å². The molecule has 134 valence electrons. The zero-order valence-corrected chi connectivity index (χ0v) is 15.8. The fourth-order valence-electron chi connectivity index (χ4n) is 3.73. The molecule has 0 aromatic carbocycles. The van der Waals surface area contributed by atoms with Crippen molar-refractivity contribution in [3.05, 3.63) is 34.0 Å². The standard InChI is InChI=1S/C18H25N5OS/c1-14-9-19-17(20-10-14)23-5-3-18(4-6-23)13-22(7-8-24-18)11-16-12-25-15(2)21-16/h9-10,12H,3-8,11,13H2,1-2H3. The SMILES string of the molecule is Cc1cnc(N2CCC3(CC2)CN(Cc2csc(C)n2)CCO3)nc1. The van der Waals surface area contributed by atoms with Gasteiger partial charge in [-0.15, -0.1) is 11.3 Å². The third kappa shape index (κ3) is 3.83. The van der Waals surface area contributed by atoms with Gasteiger partial charge in [-0.1, -0.05) is 0 Å². The Morgan fingerprint density at radius 2 is 1.92 bits per heavy atom. The second kappa shape index (κ2) is 6.97. The number of rotatable bonds is 3. The molecule has 0 unspecified atom stereocenters. The van der Waals surface area contributed by atoms with Gasteiger partial charge in [0.25, 0.3) is 0 Å². The van der Waals surface area contributed by atoms with Crippen molar-refractivity contribution in [3.63, 3.8) is 0 Å². The van der Waals surface area contributed by atoms with E-state index in [0.717, 1.165) is 68.7 Å². The number of ether oxygens (including phenoxy) is 1. The van der Waals surface area contributed by atoms with E-state index in [1.54, 1.807) is 11.3 Å². The molecule has 0 aliphatic carbocycles. The van der Waals surface area contributed by atoms with Gasteiger partial charge in [0, 0.05) is 50.5 Å². The molecule has 4 rings (SSSR count). The number of aromatic nitrogens is 3. The Kier molecular flexibility index (Phi) is 4.71. The predicted octanol–water partition coefficient (Wildman–Crippen LogP) is 2.42. The Balaban J connectivity index is 1.37. The predicted molar refractivity (Wildman–Crippen MR) is 99.0 cm³/mol. The van der Waals surface area contributed by atoms with E-state index in [9.17, 15) is 0 Å². The van der Waals surface area contributed by atoms with Crippen LogP contribution in [0.3, 0.4) is 0 Å². The summed E-state index contributed by atoms with van der Waals surface area (Å²) in [6, 6.07) is 0. The highest BCUT2D eigenvalue weighted by Gasteiger charge is 2.40. The van der Waals surface area contributed by atoms with Gasteiger partial charge in [-0.2, -0.15) is 0 Å². The molecule has 25 heavy (non-hydrogen) atoms. The molecule has 0 saturated carbocycles. The maximum absolute atomic E-state index is 6.26. The molecule has 1 spiro atoms. The van der Waals surface area contributed by atoms with Crippen molar-refractivity contribution < 1.29 is 4.74 Å². The van der Waals surface area contributed by atoms with E-state index in [0.29, 0.717) is 0 Å². The third-order valence-electron chi connectivity index (χ3n) is 5.10. The van der Waals surface area contributed by atoms with Crippen LogP contribution in [0.4, 0.5) is 5.95 Å². The van der Waals surface area contributed by atoms with E-state index >= 15 is 0 Å². The molecule has 2 saturated heterocycles. The van der Waals surface area contributed by atoms with E-state index < -0.39 is 0 Å². The summed E-state index contributed by atoms with van der Waals surface area (Å²) in [6.07, 6.45) is 5.83. The molecule has 6 nitrogen and oxygen atoms in total. The van der Waals surface area contributed by atoms with Crippen LogP contribution in [0.2, 0.25) is 0 Å². The molecule has 0 atom stereocenters. The van der Waals surface area contributed by atoms with Gasteiger partial charge in [0.2, 0.25) is 5.95 Å². The Labute approximate surface area is 152 Å². The number of anilines is 1. The summed E-state index contributed by atoms with van der Waals surface area (Å²) >= 11 is 1.73. The Bertz CT molecular complexity index is 709. The lowest BCUT2D eigenvalue weighted by Crippen LogP contribution is -2.56. The first-order valence-electron chi connectivity index (χ1n) is 8.93. The van der Waals surface area contributed by atoms with Crippen molar-refractivity contribution >= 4 is 17.3 Å². The molecule has 0 radical (unpaired) electrons. The fraction of sp³-hybridized carbons (Fsp3) is 0.611. The maximum Gasteiger partial charge on any atom is 0.225 e. The number of nitrogens with zero attached hydrogens (tertiary/aromatic N) is 5. The van der Waals surface area contributed by atoms with Crippen LogP contribution in [0.15, 0.2) is 17.8 Å². The summed E-state index contributed by atoms with van der Waals surface area (Å²) in [7, 11) is 0. The second-order valence-electron chi connectivity index (χ2n) is 7.15. The molecular weight excluding hydrogens is 334 g/mol. The summed E-state index contributed by atoms with van der Waals surface area (Å²) in [4.78, 5) is 18.3. The number of morpholine rings is 1. The van der Waals surface area contributed by atoms with Gasteiger partial charge in [0.05, 0.1) is 22.9 Å². The van der Waals surface area contributed by atoms with Crippen LogP contribution in [0.1, 0.15) is 29.1 Å². The van der Waals surface area contributed by atoms with E-state index in [-0.39, 0.29) is 5.60 Å². The number of thiazole rings is 1. The minimum absolute atomic E-state index is 0.0233. The van der Waals surface area contributed by atoms with Crippen molar-refractivity contribution in [2.24, 2.45) is 0 Å². The van der Waals surface area contributed by atoms with E-state index in [4.69, 9.17) is 4.74 Å². The van der Waals surface area contributed by atoms with Crippen molar-refractivity contribution in [3.8, 4) is 0 Å². The Morgan fingerprint density at radius 1 is 1.16 bits per heavy atom. The molecule has 2 fully saturated rings. The van der Waals surface area contributed by atoms with Gasteiger partial charge < -0.3 is 9.64 Å². The lowest BCUT2D eigenvalue weighted by molar-refractivity contribution is -0.123. The molecule has 0 N–H and O–H groups in total. The first kappa shape index (κ1) is 16.9. The minimum Gasteiger partial charge on any atom is -0.372 e. The normalized spacial score (nSPS) is 21.0. The number of hydrogen-bond donors (Lipinski definition) is 0. The number of piperidine rings is 1. The van der Waals surface area contributed by atoms with Crippen LogP contribution in [0, 0.1) is 13.8 Å². The number of aryl methyl sites for hydroxylation is 2. The molecule has 0 bridgehead atoms. The van der Waals surface area contributed by atoms with E-state index in [1.165, 1.54) is 5.69 Å². The monoisotopic (exact) mass is 359 g/mol. The summed E-state index contributed by atoms with van der Waals surface area (Å²) in [5.41, 5.74) is 2.26. The molecule has 4 heterocycles. The summed E-state index contributed by atoms with van der Waals surface area (Å²) in [5.74, 6) is 0.839. The molecule has 2 aromatic rings. The first-order chi connectivity index (χ1) is 12.1. The minimum atomic E-state index is -0.0233. The first-order valence-corrected chi connectivity index (χ1v) is 9.81. The largest absolute Gasteiger partial charge is 0.372 e. The number of hydrogen-bond acceptors (Lipinski definition) is 7. The van der Waals surface area contributed by atoms with Crippen molar-refractivity contribution in [2.45, 2.75) is 38.8 Å². The van der Waals surface area contributed by atoms with Crippen LogP contribution in [0.5, 0.6) is 0 Å². The van der Waals surface area contributed by atoms with Gasteiger partial charge in [0.1, 0.15) is 0 Å². The van der Waals surface area contributed by atoms with Crippen molar-refractivity contribution in [1.82, 2.24) is 19.9 Å². The van der Waals surface area contributed by atoms with Gasteiger partial charge in [-0.3, -0.25) is 4.90 Å². The molecular formula is C18H25N5OS. The van der Waals surface area contributed by atoms with Crippen molar-refractivity contribution in [2.75, 3.05) is 37.7 Å². The fourth-order valence-corrected chi connectivity index (χ4v) is 4.34. The van der Waals surface area contributed by atoms with Gasteiger partial charge in [-0.05, 0) is 32.3 Å². The van der Waals surface area contributed by atoms with Gasteiger partial charge in [0.15, 0.2) is 0 Å².